The van der Waals surface area contributed by atoms with E-state index in [1.165, 1.54) is 4.90 Å². The van der Waals surface area contributed by atoms with Gasteiger partial charge in [0.2, 0.25) is 5.91 Å². The predicted octanol–water partition coefficient (Wildman–Crippen LogP) is 3.64. The largest absolute Gasteiger partial charge is 0.481 e. The van der Waals surface area contributed by atoms with E-state index in [-0.39, 0.29) is 31.3 Å². The van der Waals surface area contributed by atoms with Gasteiger partial charge in [0, 0.05) is 39.1 Å². The number of carbonyl (C=O) groups excluding carboxylic acids is 2. The second-order valence-electron chi connectivity index (χ2n) is 8.27. The van der Waals surface area contributed by atoms with E-state index in [9.17, 15) is 14.4 Å². The molecule has 1 atom stereocenters. The molecule has 2 aromatic carbocycles. The fraction of sp³-hybridized carbons (Fsp3) is 0.423. The molecule has 0 saturated heterocycles. The molecule has 1 aliphatic rings. The number of likely N-dealkylation sites (N-methyl/N-ethyl adjacent to an activating group) is 1. The molecule has 2 amide bonds. The van der Waals surface area contributed by atoms with Crippen LogP contribution in [0.15, 0.2) is 48.5 Å². The minimum Gasteiger partial charge on any atom is -0.481 e. The Balaban J connectivity index is 1.62. The molecule has 0 radical (unpaired) electrons. The van der Waals surface area contributed by atoms with Gasteiger partial charge in [-0.25, -0.2) is 4.79 Å². The van der Waals surface area contributed by atoms with Crippen molar-refractivity contribution >= 4 is 18.0 Å². The molecule has 3 rings (SSSR count). The molecule has 0 bridgehead atoms. The zero-order valence-corrected chi connectivity index (χ0v) is 19.7. The van der Waals surface area contributed by atoms with Gasteiger partial charge in [0.15, 0.2) is 0 Å². The van der Waals surface area contributed by atoms with Crippen LogP contribution in [0.3, 0.4) is 0 Å². The maximum atomic E-state index is 12.9. The minimum atomic E-state index is -1.04. The van der Waals surface area contributed by atoms with Gasteiger partial charge in [-0.2, -0.15) is 0 Å². The number of rotatable bonds is 12. The van der Waals surface area contributed by atoms with Crippen LogP contribution in [0.5, 0.6) is 0 Å². The van der Waals surface area contributed by atoms with E-state index in [1.54, 1.807) is 7.05 Å². The first-order valence-corrected chi connectivity index (χ1v) is 11.6. The second-order valence-corrected chi connectivity index (χ2v) is 8.27. The molecular weight excluding hydrogens is 436 g/mol. The number of nitrogens with one attached hydrogen (secondary N) is 1. The maximum Gasteiger partial charge on any atom is 0.407 e. The summed E-state index contributed by atoms with van der Waals surface area (Å²) in [6.07, 6.45) is -0.360. The number of amides is 2. The van der Waals surface area contributed by atoms with Crippen molar-refractivity contribution in [2.75, 3.05) is 33.4 Å². The summed E-state index contributed by atoms with van der Waals surface area (Å²) in [7, 11) is 1.63. The Hall–Kier alpha value is -3.39. The Morgan fingerprint density at radius 1 is 1.06 bits per heavy atom. The van der Waals surface area contributed by atoms with Gasteiger partial charge < -0.3 is 24.8 Å². The predicted molar refractivity (Wildman–Crippen MR) is 128 cm³/mol. The van der Waals surface area contributed by atoms with Gasteiger partial charge in [0.1, 0.15) is 12.6 Å². The Labute approximate surface area is 199 Å². The smallest absolute Gasteiger partial charge is 0.407 e. The van der Waals surface area contributed by atoms with Crippen LogP contribution < -0.4 is 5.32 Å². The number of carboxylic acid groups (broad SMARTS) is 1. The number of nitrogens with zero attached hydrogens (tertiary/aromatic N) is 1. The summed E-state index contributed by atoms with van der Waals surface area (Å²) in [5, 5.41) is 11.6. The molecule has 34 heavy (non-hydrogen) atoms. The average Bonchev–Trinajstić information content (AvgIpc) is 3.16. The summed E-state index contributed by atoms with van der Waals surface area (Å²) in [5.41, 5.74) is 4.42. The van der Waals surface area contributed by atoms with E-state index in [2.05, 4.69) is 17.4 Å². The van der Waals surface area contributed by atoms with Crippen molar-refractivity contribution in [3.05, 3.63) is 59.7 Å². The van der Waals surface area contributed by atoms with Crippen molar-refractivity contribution in [1.29, 1.82) is 0 Å². The third-order valence-electron chi connectivity index (χ3n) is 5.94. The van der Waals surface area contributed by atoms with Gasteiger partial charge >= 0.3 is 12.1 Å². The molecule has 182 valence electrons. The number of aliphatic carboxylic acids is 1. The summed E-state index contributed by atoms with van der Waals surface area (Å²) < 4.78 is 10.8. The van der Waals surface area contributed by atoms with Crippen molar-refractivity contribution in [3.8, 4) is 11.1 Å². The van der Waals surface area contributed by atoms with Crippen LogP contribution in [0.4, 0.5) is 4.79 Å². The standard InChI is InChI=1S/C26H32N2O6/c1-3-33-16-8-15-28(2)25(31)23(13-14-24(29)30)27-26(32)34-17-22-20-11-6-4-9-18(20)19-10-5-7-12-21(19)22/h4-7,9-12,22-23H,3,8,13-17H2,1-2H3,(H,27,32)(H,29,30). The van der Waals surface area contributed by atoms with Gasteiger partial charge in [-0.15, -0.1) is 0 Å². The lowest BCUT2D eigenvalue weighted by molar-refractivity contribution is -0.137. The first-order valence-electron chi connectivity index (χ1n) is 11.6. The van der Waals surface area contributed by atoms with Crippen LogP contribution in [0.2, 0.25) is 0 Å². The van der Waals surface area contributed by atoms with Crippen LogP contribution >= 0.6 is 0 Å². The van der Waals surface area contributed by atoms with Gasteiger partial charge in [-0.3, -0.25) is 9.59 Å². The lowest BCUT2D eigenvalue weighted by Gasteiger charge is -2.24. The summed E-state index contributed by atoms with van der Waals surface area (Å²) in [6, 6.07) is 15.1. The highest BCUT2D eigenvalue weighted by Gasteiger charge is 2.30. The van der Waals surface area contributed by atoms with Gasteiger partial charge in [-0.1, -0.05) is 48.5 Å². The molecule has 0 aromatic heterocycles. The van der Waals surface area contributed by atoms with E-state index < -0.39 is 18.1 Å². The van der Waals surface area contributed by atoms with Crippen molar-refractivity contribution in [1.82, 2.24) is 10.2 Å². The Morgan fingerprint density at radius 3 is 2.26 bits per heavy atom. The van der Waals surface area contributed by atoms with E-state index >= 15 is 0 Å². The van der Waals surface area contributed by atoms with Crippen LogP contribution in [0, 0.1) is 0 Å². The van der Waals surface area contributed by atoms with Crippen LogP contribution in [-0.4, -0.2) is 67.4 Å². The van der Waals surface area contributed by atoms with Crippen molar-refractivity contribution in [2.24, 2.45) is 0 Å². The van der Waals surface area contributed by atoms with E-state index in [1.807, 2.05) is 43.3 Å². The normalized spacial score (nSPS) is 13.0. The number of hydrogen-bond donors (Lipinski definition) is 2. The minimum absolute atomic E-state index is 0.0197. The number of hydrogen-bond acceptors (Lipinski definition) is 5. The fourth-order valence-electron chi connectivity index (χ4n) is 4.23. The molecule has 0 saturated carbocycles. The molecule has 0 spiro atoms. The third kappa shape index (κ3) is 6.35. The first kappa shape index (κ1) is 25.2. The highest BCUT2D eigenvalue weighted by atomic mass is 16.5. The Bertz CT molecular complexity index is 963. The van der Waals surface area contributed by atoms with Crippen molar-refractivity contribution in [2.45, 2.75) is 38.1 Å². The van der Waals surface area contributed by atoms with Gasteiger partial charge in [0.25, 0.3) is 0 Å². The van der Waals surface area contributed by atoms with Crippen LogP contribution in [-0.2, 0) is 19.1 Å². The Morgan fingerprint density at radius 2 is 1.68 bits per heavy atom. The third-order valence-corrected chi connectivity index (χ3v) is 5.94. The monoisotopic (exact) mass is 468 g/mol. The van der Waals surface area contributed by atoms with E-state index in [4.69, 9.17) is 14.6 Å². The van der Waals surface area contributed by atoms with E-state index in [0.29, 0.717) is 26.2 Å². The number of carbonyl (C=O) groups is 3. The first-order chi connectivity index (χ1) is 16.4. The molecule has 2 aromatic rings. The second kappa shape index (κ2) is 12.2. The highest BCUT2D eigenvalue weighted by molar-refractivity contribution is 5.86. The quantitative estimate of drug-likeness (QED) is 0.461. The molecule has 2 N–H and O–H groups in total. The van der Waals surface area contributed by atoms with Crippen LogP contribution in [0.25, 0.3) is 11.1 Å². The molecular formula is C26H32N2O6. The van der Waals surface area contributed by atoms with Crippen molar-refractivity contribution in [3.63, 3.8) is 0 Å². The molecule has 1 aliphatic carbocycles. The fourth-order valence-corrected chi connectivity index (χ4v) is 4.23. The number of benzene rings is 2. The zero-order chi connectivity index (χ0) is 24.5. The highest BCUT2D eigenvalue weighted by Crippen LogP contribution is 2.44. The Kier molecular flexibility index (Phi) is 9.04. The number of alkyl carbamates (subject to hydrolysis) is 1. The topological polar surface area (TPSA) is 105 Å². The molecule has 0 fully saturated rings. The summed E-state index contributed by atoms with van der Waals surface area (Å²) >= 11 is 0. The summed E-state index contributed by atoms with van der Waals surface area (Å²) in [4.78, 5) is 38.1. The molecule has 8 heteroatoms. The molecule has 8 nitrogen and oxygen atoms in total. The molecule has 0 aliphatic heterocycles. The maximum absolute atomic E-state index is 12.9. The molecule has 0 heterocycles. The number of ether oxygens (including phenoxy) is 2. The average molecular weight is 469 g/mol. The lowest BCUT2D eigenvalue weighted by Crippen LogP contribution is -2.48. The van der Waals surface area contributed by atoms with Gasteiger partial charge in [0.05, 0.1) is 0 Å². The lowest BCUT2D eigenvalue weighted by atomic mass is 9.98. The summed E-state index contributed by atoms with van der Waals surface area (Å²) in [6.45, 7) is 3.57. The van der Waals surface area contributed by atoms with Crippen LogP contribution in [0.1, 0.15) is 43.2 Å². The number of carboxylic acids is 1. The zero-order valence-electron chi connectivity index (χ0n) is 19.7. The van der Waals surface area contributed by atoms with Crippen molar-refractivity contribution < 1.29 is 29.0 Å². The van der Waals surface area contributed by atoms with Gasteiger partial charge in [-0.05, 0) is 42.0 Å². The number of fused-ring (bicyclic) bond motifs is 3. The molecule has 1 unspecified atom stereocenters. The van der Waals surface area contributed by atoms with E-state index in [0.717, 1.165) is 22.3 Å². The SMILES string of the molecule is CCOCCCN(C)C(=O)C(CCC(=O)O)NC(=O)OCC1c2ccccc2-c2ccccc21. The summed E-state index contributed by atoms with van der Waals surface area (Å²) in [5.74, 6) is -1.50.